The van der Waals surface area contributed by atoms with Crippen LogP contribution >= 0.6 is 11.6 Å². The molecule has 0 aliphatic carbocycles. The minimum absolute atomic E-state index is 0.0864. The number of nitrogens with one attached hydrogen (secondary N) is 1. The third kappa shape index (κ3) is 5.02. The number of nitrogens with zero attached hydrogens (tertiary/aromatic N) is 2. The number of carbonyl (C=O) groups excluding carboxylic acids is 1. The maximum absolute atomic E-state index is 14.0. The van der Waals surface area contributed by atoms with E-state index in [1.165, 1.54) is 22.5 Å². The number of halogens is 2. The molecule has 12 heteroatoms. The van der Waals surface area contributed by atoms with Gasteiger partial charge in [0, 0.05) is 17.2 Å². The highest BCUT2D eigenvalue weighted by atomic mass is 35.5. The maximum Gasteiger partial charge on any atom is 0.264 e. The molecule has 0 bridgehead atoms. The number of pyridine rings is 1. The van der Waals surface area contributed by atoms with Crippen LogP contribution in [-0.2, 0) is 31.8 Å². The first-order valence-corrected chi connectivity index (χ1v) is 16.3. The first kappa shape index (κ1) is 28.3. The van der Waals surface area contributed by atoms with Crippen LogP contribution < -0.4 is 9.62 Å². The minimum atomic E-state index is -4.18. The molecule has 8 nitrogen and oxygen atoms in total. The Kier molecular flexibility index (Phi) is 7.49. The van der Waals surface area contributed by atoms with Crippen LogP contribution in [0.2, 0.25) is 5.02 Å². The van der Waals surface area contributed by atoms with Crippen molar-refractivity contribution in [2.24, 2.45) is 0 Å². The summed E-state index contributed by atoms with van der Waals surface area (Å²) in [5, 5.41) is 3.21. The molecule has 0 radical (unpaired) electrons. The van der Waals surface area contributed by atoms with E-state index in [1.807, 2.05) is 0 Å². The molecule has 1 unspecified atom stereocenters. The lowest BCUT2D eigenvalue weighted by Crippen LogP contribution is -2.50. The van der Waals surface area contributed by atoms with Gasteiger partial charge >= 0.3 is 0 Å². The summed E-state index contributed by atoms with van der Waals surface area (Å²) < 4.78 is 67.9. The third-order valence-electron chi connectivity index (χ3n) is 7.68. The molecule has 2 aromatic carbocycles. The van der Waals surface area contributed by atoms with Gasteiger partial charge in [-0.25, -0.2) is 21.2 Å². The second kappa shape index (κ2) is 10.6. The van der Waals surface area contributed by atoms with Crippen LogP contribution in [0, 0.1) is 5.82 Å². The molecular formula is C28H27ClFN3O5S2. The van der Waals surface area contributed by atoms with Gasteiger partial charge < -0.3 is 5.32 Å². The molecule has 2 aliphatic heterocycles. The number of fused-ring (bicyclic) bond motifs is 2. The fourth-order valence-corrected chi connectivity index (χ4v) is 9.15. The number of rotatable bonds is 7. The number of hydrogen-bond acceptors (Lipinski definition) is 6. The van der Waals surface area contributed by atoms with Gasteiger partial charge in [0.05, 0.1) is 45.4 Å². The minimum Gasteiger partial charge on any atom is -0.346 e. The van der Waals surface area contributed by atoms with Crippen molar-refractivity contribution in [3.63, 3.8) is 0 Å². The summed E-state index contributed by atoms with van der Waals surface area (Å²) in [5.74, 6) is -1.21. The Bertz CT molecular complexity index is 1680. The van der Waals surface area contributed by atoms with Crippen molar-refractivity contribution in [3.8, 4) is 0 Å². The predicted octanol–water partition coefficient (Wildman–Crippen LogP) is 4.40. The van der Waals surface area contributed by atoms with Crippen LogP contribution in [0.4, 0.5) is 10.1 Å². The quantitative estimate of drug-likeness (QED) is 0.401. The third-order valence-corrected chi connectivity index (χ3v) is 11.5. The molecule has 1 amide bonds. The molecule has 0 saturated carbocycles. The van der Waals surface area contributed by atoms with Gasteiger partial charge in [0.15, 0.2) is 0 Å². The average Bonchev–Trinajstić information content (AvgIpc) is 3.19. The Morgan fingerprint density at radius 2 is 1.88 bits per heavy atom. The second-order valence-electron chi connectivity index (χ2n) is 9.95. The molecular weight excluding hydrogens is 577 g/mol. The van der Waals surface area contributed by atoms with Gasteiger partial charge in [0.25, 0.3) is 15.9 Å². The van der Waals surface area contributed by atoms with Gasteiger partial charge in [-0.3, -0.25) is 14.1 Å². The number of amides is 1. The van der Waals surface area contributed by atoms with Gasteiger partial charge in [0.2, 0.25) is 0 Å². The number of sulfonamides is 1. The lowest BCUT2D eigenvalue weighted by atomic mass is 9.71. The topological polar surface area (TPSA) is 114 Å². The van der Waals surface area contributed by atoms with Gasteiger partial charge in [-0.15, -0.1) is 6.58 Å². The molecule has 40 heavy (non-hydrogen) atoms. The Hall–Kier alpha value is -3.28. The van der Waals surface area contributed by atoms with E-state index in [1.54, 1.807) is 36.5 Å². The van der Waals surface area contributed by atoms with E-state index in [4.69, 9.17) is 11.6 Å². The largest absolute Gasteiger partial charge is 0.346 e. The van der Waals surface area contributed by atoms with Crippen molar-refractivity contribution < 1.29 is 26.0 Å². The summed E-state index contributed by atoms with van der Waals surface area (Å²) in [6, 6.07) is 12.0. The van der Waals surface area contributed by atoms with Crippen LogP contribution in [0.15, 0.2) is 78.3 Å². The average molecular weight is 604 g/mol. The highest BCUT2D eigenvalue weighted by Crippen LogP contribution is 2.54. The zero-order valence-corrected chi connectivity index (χ0v) is 23.8. The first-order chi connectivity index (χ1) is 19.0. The van der Waals surface area contributed by atoms with Gasteiger partial charge in [-0.2, -0.15) is 0 Å². The Morgan fingerprint density at radius 3 is 2.52 bits per heavy atom. The molecule has 210 valence electrons. The van der Waals surface area contributed by atoms with Crippen molar-refractivity contribution in [3.05, 3.63) is 101 Å². The normalized spacial score (nSPS) is 19.2. The molecule has 1 fully saturated rings. The monoisotopic (exact) mass is 603 g/mol. The number of hydrogen-bond donors (Lipinski definition) is 1. The summed E-state index contributed by atoms with van der Waals surface area (Å²) in [7, 11) is -7.48. The zero-order valence-electron chi connectivity index (χ0n) is 21.4. The van der Waals surface area contributed by atoms with Crippen LogP contribution in [-0.4, -0.2) is 45.3 Å². The summed E-state index contributed by atoms with van der Waals surface area (Å²) in [6.45, 7) is 3.92. The molecule has 1 N–H and O–H groups in total. The van der Waals surface area contributed by atoms with Gasteiger partial charge in [-0.05, 0) is 79.4 Å². The van der Waals surface area contributed by atoms with Crippen LogP contribution in [0.5, 0.6) is 0 Å². The van der Waals surface area contributed by atoms with E-state index in [-0.39, 0.29) is 47.8 Å². The summed E-state index contributed by atoms with van der Waals surface area (Å²) >= 11 is 6.16. The van der Waals surface area contributed by atoms with E-state index >= 15 is 0 Å². The highest BCUT2D eigenvalue weighted by Gasteiger charge is 2.56. The Morgan fingerprint density at radius 1 is 1.18 bits per heavy atom. The van der Waals surface area contributed by atoms with E-state index in [9.17, 15) is 26.0 Å². The van der Waals surface area contributed by atoms with E-state index < -0.39 is 43.0 Å². The smallest absolute Gasteiger partial charge is 0.264 e. The number of carbonyl (C=O) groups is 1. The Labute approximate surface area is 237 Å². The summed E-state index contributed by atoms with van der Waals surface area (Å²) in [4.78, 5) is 17.3. The molecule has 2 aliphatic rings. The molecule has 1 spiro atoms. The van der Waals surface area contributed by atoms with Crippen LogP contribution in [0.1, 0.15) is 40.9 Å². The first-order valence-electron chi connectivity index (χ1n) is 12.6. The SMILES string of the molecule is C=CCC1N(S(=O)(=O)c2ccc(F)cc2)c2ccc(C(=O)NCc3ncccc3Cl)cc2C12CCS(=O)(=O)CC2. The molecule has 3 aromatic rings. The number of sulfone groups is 1. The molecule has 1 saturated heterocycles. The van der Waals surface area contributed by atoms with Crippen LogP contribution in [0.25, 0.3) is 0 Å². The number of aromatic nitrogens is 1. The van der Waals surface area contributed by atoms with E-state index in [0.717, 1.165) is 12.1 Å². The second-order valence-corrected chi connectivity index (χ2v) is 14.5. The predicted molar refractivity (Wildman–Crippen MR) is 151 cm³/mol. The zero-order chi connectivity index (χ0) is 28.7. The Balaban J connectivity index is 1.60. The summed E-state index contributed by atoms with van der Waals surface area (Å²) in [5.41, 5.74) is 0.859. The molecule has 5 rings (SSSR count). The van der Waals surface area contributed by atoms with Crippen molar-refractivity contribution in [2.75, 3.05) is 15.8 Å². The molecule has 1 atom stereocenters. The van der Waals surface area contributed by atoms with Gasteiger partial charge in [-0.1, -0.05) is 17.7 Å². The molecule has 1 aromatic heterocycles. The summed E-state index contributed by atoms with van der Waals surface area (Å²) in [6.07, 6.45) is 3.79. The van der Waals surface area contributed by atoms with E-state index in [0.29, 0.717) is 22.0 Å². The maximum atomic E-state index is 14.0. The fourth-order valence-electron chi connectivity index (χ4n) is 5.66. The van der Waals surface area contributed by atoms with Crippen LogP contribution in [0.3, 0.4) is 0 Å². The fraction of sp³-hybridized carbons (Fsp3) is 0.286. The number of benzene rings is 2. The number of anilines is 1. The highest BCUT2D eigenvalue weighted by molar-refractivity contribution is 7.93. The standard InChI is InChI=1S/C28H27ClFN3O5S2/c1-2-4-26-28(12-15-39(35,36)16-13-28)22-17-19(27(34)32-18-24-23(29)5-3-14-31-24)6-11-25(22)33(26)40(37,38)21-9-7-20(30)8-10-21/h2-3,5-11,14,17,26H,1,4,12-13,15-16,18H2,(H,32,34). The van der Waals surface area contributed by atoms with Crippen molar-refractivity contribution in [1.82, 2.24) is 10.3 Å². The lowest BCUT2D eigenvalue weighted by molar-refractivity contribution is 0.0950. The lowest BCUT2D eigenvalue weighted by Gasteiger charge is -2.41. The van der Waals surface area contributed by atoms with Crippen molar-refractivity contribution >= 4 is 43.1 Å². The van der Waals surface area contributed by atoms with Crippen molar-refractivity contribution in [1.29, 1.82) is 0 Å². The van der Waals surface area contributed by atoms with E-state index in [2.05, 4.69) is 16.9 Å². The van der Waals surface area contributed by atoms with Crippen molar-refractivity contribution in [2.45, 2.75) is 42.2 Å². The molecule has 3 heterocycles. The van der Waals surface area contributed by atoms with Gasteiger partial charge in [0.1, 0.15) is 15.7 Å².